The van der Waals surface area contributed by atoms with E-state index >= 15 is 0 Å². The van der Waals surface area contributed by atoms with E-state index in [0.717, 1.165) is 28.7 Å². The molecule has 2 aromatic rings. The van der Waals surface area contributed by atoms with Crippen LogP contribution in [0.2, 0.25) is 0 Å². The molecule has 1 aliphatic rings. The number of fused-ring (bicyclic) bond motifs is 3. The smallest absolute Gasteiger partial charge is 0.321 e. The fourth-order valence-corrected chi connectivity index (χ4v) is 5.42. The van der Waals surface area contributed by atoms with E-state index in [9.17, 15) is 19.5 Å². The molecule has 1 aliphatic carbocycles. The van der Waals surface area contributed by atoms with Gasteiger partial charge in [-0.25, -0.2) is 0 Å². The van der Waals surface area contributed by atoms with Gasteiger partial charge in [-0.2, -0.15) is 0 Å². The second-order valence-electron chi connectivity index (χ2n) is 10.2. The van der Waals surface area contributed by atoms with Crippen molar-refractivity contribution in [2.75, 3.05) is 20.8 Å². The lowest BCUT2D eigenvalue weighted by molar-refractivity contribution is -0.168. The quantitative estimate of drug-likeness (QED) is 0.315. The van der Waals surface area contributed by atoms with E-state index in [1.165, 1.54) is 12.0 Å². The van der Waals surface area contributed by atoms with Crippen molar-refractivity contribution in [3.8, 4) is 11.1 Å². The van der Waals surface area contributed by atoms with Crippen LogP contribution in [-0.2, 0) is 23.9 Å². The molecule has 0 saturated carbocycles. The van der Waals surface area contributed by atoms with Gasteiger partial charge < -0.3 is 19.5 Å². The highest BCUT2D eigenvalue weighted by Crippen LogP contribution is 2.45. The maximum atomic E-state index is 13.8. The van der Waals surface area contributed by atoms with E-state index < -0.39 is 35.4 Å². The number of benzene rings is 2. The fourth-order valence-electron chi connectivity index (χ4n) is 5.42. The largest absolute Gasteiger partial charge is 0.481 e. The van der Waals surface area contributed by atoms with Crippen LogP contribution in [-0.4, -0.2) is 60.8 Å². The summed E-state index contributed by atoms with van der Waals surface area (Å²) >= 11 is 0. The number of hydrogen-bond donors (Lipinski definition) is 1. The van der Waals surface area contributed by atoms with Crippen molar-refractivity contribution in [1.29, 1.82) is 0 Å². The number of nitrogens with zero attached hydrogens (tertiary/aromatic N) is 1. The van der Waals surface area contributed by atoms with Crippen molar-refractivity contribution < 1.29 is 29.0 Å². The van der Waals surface area contributed by atoms with Crippen molar-refractivity contribution in [1.82, 2.24) is 4.90 Å². The molecule has 7 heteroatoms. The van der Waals surface area contributed by atoms with Gasteiger partial charge in [0.15, 0.2) is 0 Å². The van der Waals surface area contributed by atoms with Crippen LogP contribution in [0.4, 0.5) is 0 Å². The Morgan fingerprint density at radius 2 is 1.57 bits per heavy atom. The van der Waals surface area contributed by atoms with Crippen LogP contribution in [0.5, 0.6) is 0 Å². The van der Waals surface area contributed by atoms with E-state index in [1.54, 1.807) is 20.9 Å². The Kier molecular flexibility index (Phi) is 9.13. The first-order valence-electron chi connectivity index (χ1n) is 13.0. The molecule has 0 spiro atoms. The van der Waals surface area contributed by atoms with Crippen LogP contribution < -0.4 is 0 Å². The Hall–Kier alpha value is -3.19. The number of carbonyl (C=O) groups excluding carboxylic acids is 2. The summed E-state index contributed by atoms with van der Waals surface area (Å²) in [7, 11) is 3.07. The zero-order valence-electron chi connectivity index (χ0n) is 22.7. The minimum atomic E-state index is -1.42. The summed E-state index contributed by atoms with van der Waals surface area (Å²) in [6, 6.07) is 15.7. The molecule has 2 aromatic carbocycles. The molecule has 1 amide bonds. The predicted molar refractivity (Wildman–Crippen MR) is 142 cm³/mol. The number of esters is 1. The number of methoxy groups -OCH3 is 1. The SMILES string of the molecule is CC[C@H](C)[C@@H]([C@@H](CC(=O)O)OC)N(C)C(=O)[C@](C)(CC)C(=O)OCC1c2ccccc2-c2ccccc21. The van der Waals surface area contributed by atoms with Gasteiger partial charge in [0.25, 0.3) is 0 Å². The van der Waals surface area contributed by atoms with Crippen molar-refractivity contribution >= 4 is 17.8 Å². The average Bonchev–Trinajstić information content (AvgIpc) is 3.23. The van der Waals surface area contributed by atoms with Crippen LogP contribution in [0, 0.1) is 11.3 Å². The summed E-state index contributed by atoms with van der Waals surface area (Å²) < 4.78 is 11.4. The second kappa shape index (κ2) is 11.9. The minimum Gasteiger partial charge on any atom is -0.481 e. The Balaban J connectivity index is 1.82. The molecule has 200 valence electrons. The van der Waals surface area contributed by atoms with Gasteiger partial charge in [-0.1, -0.05) is 75.7 Å². The van der Waals surface area contributed by atoms with Gasteiger partial charge in [-0.05, 0) is 41.5 Å². The number of rotatable bonds is 12. The molecule has 37 heavy (non-hydrogen) atoms. The van der Waals surface area contributed by atoms with Crippen LogP contribution in [0.1, 0.15) is 64.0 Å². The van der Waals surface area contributed by atoms with Crippen molar-refractivity contribution in [3.63, 3.8) is 0 Å². The van der Waals surface area contributed by atoms with Crippen LogP contribution in [0.3, 0.4) is 0 Å². The molecule has 3 rings (SSSR count). The average molecular weight is 510 g/mol. The van der Waals surface area contributed by atoms with Gasteiger partial charge in [-0.3, -0.25) is 14.4 Å². The molecule has 0 aromatic heterocycles. The Morgan fingerprint density at radius 3 is 2.03 bits per heavy atom. The summed E-state index contributed by atoms with van der Waals surface area (Å²) in [6.07, 6.45) is 0.0216. The summed E-state index contributed by atoms with van der Waals surface area (Å²) in [5.41, 5.74) is 3.06. The highest BCUT2D eigenvalue weighted by Gasteiger charge is 2.47. The number of carboxylic acid groups (broad SMARTS) is 1. The lowest BCUT2D eigenvalue weighted by atomic mass is 9.83. The van der Waals surface area contributed by atoms with Gasteiger partial charge in [0.2, 0.25) is 5.91 Å². The molecule has 4 atom stereocenters. The van der Waals surface area contributed by atoms with E-state index in [1.807, 2.05) is 38.1 Å². The second-order valence-corrected chi connectivity index (χ2v) is 10.2. The number of carbonyl (C=O) groups is 3. The third kappa shape index (κ3) is 5.57. The topological polar surface area (TPSA) is 93.1 Å². The monoisotopic (exact) mass is 509 g/mol. The third-order valence-electron chi connectivity index (χ3n) is 8.03. The predicted octanol–water partition coefficient (Wildman–Crippen LogP) is 5.12. The standard InChI is InChI=1S/C30H39NO6/c1-7-19(3)27(25(36-6)17-26(32)33)31(5)28(34)30(4,8-2)29(35)37-18-24-22-15-11-9-13-20(22)21-14-10-12-16-23(21)24/h9-16,19,24-25,27H,7-8,17-18H2,1-6H3,(H,32,33)/t19-,25+,27-,30-/m0/s1. The molecule has 0 radical (unpaired) electrons. The van der Waals surface area contributed by atoms with E-state index in [-0.39, 0.29) is 31.3 Å². The molecule has 0 fully saturated rings. The third-order valence-corrected chi connectivity index (χ3v) is 8.03. The van der Waals surface area contributed by atoms with Crippen LogP contribution in [0.15, 0.2) is 48.5 Å². The number of likely N-dealkylation sites (N-methyl/N-ethyl adjacent to an activating group) is 1. The van der Waals surface area contributed by atoms with Gasteiger partial charge in [0.1, 0.15) is 12.0 Å². The van der Waals surface area contributed by atoms with Gasteiger partial charge in [0.05, 0.1) is 18.6 Å². The summed E-state index contributed by atoms with van der Waals surface area (Å²) in [6.45, 7) is 7.47. The van der Waals surface area contributed by atoms with Crippen molar-refractivity contribution in [2.45, 2.75) is 65.0 Å². The Bertz CT molecular complexity index is 1090. The molecule has 0 bridgehead atoms. The lowest BCUT2D eigenvalue weighted by Crippen LogP contribution is -2.55. The minimum absolute atomic E-state index is 0.0399. The van der Waals surface area contributed by atoms with Gasteiger partial charge in [-0.15, -0.1) is 0 Å². The van der Waals surface area contributed by atoms with Crippen LogP contribution in [0.25, 0.3) is 11.1 Å². The number of aliphatic carboxylic acids is 1. The number of ether oxygens (including phenoxy) is 2. The highest BCUT2D eigenvalue weighted by molar-refractivity contribution is 6.02. The van der Waals surface area contributed by atoms with E-state index in [4.69, 9.17) is 9.47 Å². The molecular weight excluding hydrogens is 470 g/mol. The Labute approximate surface area is 219 Å². The summed E-state index contributed by atoms with van der Waals surface area (Å²) in [5, 5.41) is 9.39. The molecular formula is C30H39NO6. The van der Waals surface area contributed by atoms with Crippen LogP contribution >= 0.6 is 0 Å². The van der Waals surface area contributed by atoms with Gasteiger partial charge in [0, 0.05) is 20.1 Å². The maximum Gasteiger partial charge on any atom is 0.321 e. The normalized spacial score (nSPS) is 16.6. The first kappa shape index (κ1) is 28.4. The molecule has 7 nitrogen and oxygen atoms in total. The summed E-state index contributed by atoms with van der Waals surface area (Å²) in [5.74, 6) is -2.13. The molecule has 0 heterocycles. The zero-order chi connectivity index (χ0) is 27.3. The summed E-state index contributed by atoms with van der Waals surface area (Å²) in [4.78, 5) is 40.3. The number of hydrogen-bond acceptors (Lipinski definition) is 5. The first-order chi connectivity index (χ1) is 17.6. The van der Waals surface area contributed by atoms with Gasteiger partial charge >= 0.3 is 11.9 Å². The Morgan fingerprint density at radius 1 is 1.03 bits per heavy atom. The molecule has 0 aliphatic heterocycles. The molecule has 0 saturated heterocycles. The van der Waals surface area contributed by atoms with Crippen molar-refractivity contribution in [3.05, 3.63) is 59.7 Å². The maximum absolute atomic E-state index is 13.8. The van der Waals surface area contributed by atoms with E-state index in [2.05, 4.69) is 24.3 Å². The molecule has 0 unspecified atom stereocenters. The lowest BCUT2D eigenvalue weighted by Gasteiger charge is -2.40. The molecule has 1 N–H and O–H groups in total. The van der Waals surface area contributed by atoms with Crippen molar-refractivity contribution in [2.24, 2.45) is 11.3 Å². The number of carboxylic acids is 1. The zero-order valence-corrected chi connectivity index (χ0v) is 22.7. The van der Waals surface area contributed by atoms with E-state index in [0.29, 0.717) is 0 Å². The number of amides is 1. The fraction of sp³-hybridized carbons (Fsp3) is 0.500. The highest BCUT2D eigenvalue weighted by atomic mass is 16.5. The first-order valence-corrected chi connectivity index (χ1v) is 13.0.